The van der Waals surface area contributed by atoms with Gasteiger partial charge in [0.05, 0.1) is 6.54 Å². The molecule has 1 heterocycles. The number of aromatic nitrogens is 2. The normalized spacial score (nSPS) is 10.4. The van der Waals surface area contributed by atoms with E-state index < -0.39 is 5.91 Å². The van der Waals surface area contributed by atoms with E-state index in [0.717, 1.165) is 11.1 Å². The number of Topliss-reactive ketones (excluding diaryl/α,β-unsaturated/α-hetero) is 1. The molecule has 0 saturated heterocycles. The minimum absolute atomic E-state index is 0.0872. The summed E-state index contributed by atoms with van der Waals surface area (Å²) in [5, 5.41) is 6.87. The molecule has 6 nitrogen and oxygen atoms in total. The molecule has 1 amide bonds. The molecule has 0 unspecified atom stereocenters. The summed E-state index contributed by atoms with van der Waals surface area (Å²) in [6.45, 7) is 3.73. The monoisotopic (exact) mass is 361 g/mol. The van der Waals surface area contributed by atoms with Gasteiger partial charge in [0.2, 0.25) is 0 Å². The third kappa shape index (κ3) is 4.55. The van der Waals surface area contributed by atoms with Crippen LogP contribution in [0, 0.1) is 6.92 Å². The molecule has 0 bridgehead atoms. The summed E-state index contributed by atoms with van der Waals surface area (Å²) in [5.74, 6) is -0.538. The Balaban J connectivity index is 1.81. The minimum Gasteiger partial charge on any atom is -0.321 e. The second-order valence-corrected chi connectivity index (χ2v) is 6.29. The van der Waals surface area contributed by atoms with Crippen molar-refractivity contribution >= 4 is 17.4 Å². The zero-order chi connectivity index (χ0) is 19.4. The van der Waals surface area contributed by atoms with Crippen molar-refractivity contribution in [3.63, 3.8) is 0 Å². The van der Waals surface area contributed by atoms with Crippen molar-refractivity contribution in [2.24, 2.45) is 0 Å². The Morgan fingerprint density at radius 3 is 2.48 bits per heavy atom. The minimum atomic E-state index is -0.451. The fraction of sp³-hybridized carbons (Fsp3) is 0.143. The largest absolute Gasteiger partial charge is 0.321 e. The summed E-state index contributed by atoms with van der Waals surface area (Å²) >= 11 is 0. The maximum Gasteiger partial charge on any atom is 0.276 e. The highest BCUT2D eigenvalue weighted by Gasteiger charge is 2.11. The van der Waals surface area contributed by atoms with Crippen molar-refractivity contribution in [3.05, 3.63) is 93.4 Å². The first-order valence-corrected chi connectivity index (χ1v) is 8.48. The molecule has 0 aliphatic rings. The number of aryl methyl sites for hydroxylation is 1. The van der Waals surface area contributed by atoms with Gasteiger partial charge in [0.1, 0.15) is 5.69 Å². The van der Waals surface area contributed by atoms with Crippen LogP contribution in [0.2, 0.25) is 0 Å². The lowest BCUT2D eigenvalue weighted by Crippen LogP contribution is -2.26. The molecule has 0 spiro atoms. The van der Waals surface area contributed by atoms with Crippen molar-refractivity contribution in [1.82, 2.24) is 9.78 Å². The number of carbonyl (C=O) groups is 2. The van der Waals surface area contributed by atoms with Crippen LogP contribution in [0.4, 0.5) is 5.69 Å². The van der Waals surface area contributed by atoms with Crippen LogP contribution in [0.5, 0.6) is 0 Å². The molecule has 6 heteroatoms. The SMILES string of the molecule is CC(=O)c1cccc(NC(=O)c2ccc(=O)n(Cc3ccc(C)cc3)n2)c1. The van der Waals surface area contributed by atoms with Crippen LogP contribution in [-0.4, -0.2) is 21.5 Å². The van der Waals surface area contributed by atoms with Gasteiger partial charge in [-0.05, 0) is 37.6 Å². The van der Waals surface area contributed by atoms with Crippen molar-refractivity contribution in [3.8, 4) is 0 Å². The number of amides is 1. The molecule has 1 N–H and O–H groups in total. The van der Waals surface area contributed by atoms with Crippen molar-refractivity contribution in [2.45, 2.75) is 20.4 Å². The lowest BCUT2D eigenvalue weighted by molar-refractivity contribution is 0.100. The molecule has 3 rings (SSSR count). The van der Waals surface area contributed by atoms with Gasteiger partial charge < -0.3 is 5.32 Å². The number of nitrogens with zero attached hydrogens (tertiary/aromatic N) is 2. The molecule has 1 aromatic heterocycles. The quantitative estimate of drug-likeness (QED) is 0.708. The van der Waals surface area contributed by atoms with Gasteiger partial charge in [0, 0.05) is 17.3 Å². The number of hydrogen-bond donors (Lipinski definition) is 1. The first kappa shape index (κ1) is 18.3. The van der Waals surface area contributed by atoms with E-state index in [4.69, 9.17) is 0 Å². The van der Waals surface area contributed by atoms with Gasteiger partial charge in [0.15, 0.2) is 5.78 Å². The molecule has 3 aromatic rings. The summed E-state index contributed by atoms with van der Waals surface area (Å²) in [6, 6.07) is 17.1. The Morgan fingerprint density at radius 2 is 1.78 bits per heavy atom. The molecule has 27 heavy (non-hydrogen) atoms. The summed E-state index contributed by atoms with van der Waals surface area (Å²) < 4.78 is 1.26. The number of benzene rings is 2. The fourth-order valence-electron chi connectivity index (χ4n) is 2.56. The van der Waals surface area contributed by atoms with Crippen molar-refractivity contribution in [1.29, 1.82) is 0 Å². The molecule has 0 atom stereocenters. The Morgan fingerprint density at radius 1 is 1.04 bits per heavy atom. The average molecular weight is 361 g/mol. The number of carbonyl (C=O) groups excluding carboxylic acids is 2. The van der Waals surface area contributed by atoms with E-state index in [-0.39, 0.29) is 23.6 Å². The predicted molar refractivity (Wildman–Crippen MR) is 103 cm³/mol. The standard InChI is InChI=1S/C21H19N3O3/c1-14-6-8-16(9-7-14)13-24-20(26)11-10-19(23-24)21(27)22-18-5-3-4-17(12-18)15(2)25/h3-12H,13H2,1-2H3,(H,22,27). The van der Waals surface area contributed by atoms with Crippen molar-refractivity contribution in [2.75, 3.05) is 5.32 Å². The van der Waals surface area contributed by atoms with E-state index in [2.05, 4.69) is 10.4 Å². The highest BCUT2D eigenvalue weighted by Crippen LogP contribution is 2.12. The second-order valence-electron chi connectivity index (χ2n) is 6.29. The molecule has 0 aliphatic heterocycles. The van der Waals surface area contributed by atoms with Crippen LogP contribution in [0.1, 0.15) is 38.9 Å². The molecule has 2 aromatic carbocycles. The van der Waals surface area contributed by atoms with Crippen molar-refractivity contribution < 1.29 is 9.59 Å². The lowest BCUT2D eigenvalue weighted by Gasteiger charge is -2.09. The van der Waals surface area contributed by atoms with Crippen LogP contribution < -0.4 is 10.9 Å². The maximum absolute atomic E-state index is 12.5. The Kier molecular flexibility index (Phi) is 5.26. The van der Waals surface area contributed by atoms with E-state index in [1.807, 2.05) is 31.2 Å². The number of rotatable bonds is 5. The summed E-state index contributed by atoms with van der Waals surface area (Å²) in [6.07, 6.45) is 0. The summed E-state index contributed by atoms with van der Waals surface area (Å²) in [4.78, 5) is 36.0. The third-order valence-electron chi connectivity index (χ3n) is 4.08. The zero-order valence-electron chi connectivity index (χ0n) is 15.1. The van der Waals surface area contributed by atoms with Crippen LogP contribution in [0.3, 0.4) is 0 Å². The third-order valence-corrected chi connectivity index (χ3v) is 4.08. The van der Waals surface area contributed by atoms with E-state index in [1.165, 1.54) is 23.7 Å². The van der Waals surface area contributed by atoms with Crippen LogP contribution in [0.15, 0.2) is 65.5 Å². The van der Waals surface area contributed by atoms with E-state index in [0.29, 0.717) is 11.3 Å². The molecular formula is C21H19N3O3. The highest BCUT2D eigenvalue weighted by atomic mass is 16.2. The zero-order valence-corrected chi connectivity index (χ0v) is 15.1. The van der Waals surface area contributed by atoms with Gasteiger partial charge >= 0.3 is 0 Å². The highest BCUT2D eigenvalue weighted by molar-refractivity contribution is 6.03. The number of nitrogens with one attached hydrogen (secondary N) is 1. The first-order valence-electron chi connectivity index (χ1n) is 8.48. The fourth-order valence-corrected chi connectivity index (χ4v) is 2.56. The molecular weight excluding hydrogens is 342 g/mol. The van der Waals surface area contributed by atoms with Gasteiger partial charge in [-0.2, -0.15) is 5.10 Å². The smallest absolute Gasteiger partial charge is 0.276 e. The van der Waals surface area contributed by atoms with Gasteiger partial charge in [-0.25, -0.2) is 4.68 Å². The predicted octanol–water partition coefficient (Wildman–Crippen LogP) is 3.05. The molecule has 0 saturated carbocycles. The topological polar surface area (TPSA) is 81.1 Å². The molecule has 0 radical (unpaired) electrons. The van der Waals surface area contributed by atoms with Gasteiger partial charge in [-0.3, -0.25) is 14.4 Å². The Bertz CT molecular complexity index is 1050. The first-order chi connectivity index (χ1) is 12.9. The van der Waals surface area contributed by atoms with E-state index >= 15 is 0 Å². The van der Waals surface area contributed by atoms with Gasteiger partial charge in [-0.1, -0.05) is 42.0 Å². The van der Waals surface area contributed by atoms with Crippen LogP contribution in [0.25, 0.3) is 0 Å². The van der Waals surface area contributed by atoms with E-state index in [1.54, 1.807) is 24.3 Å². The summed E-state index contributed by atoms with van der Waals surface area (Å²) in [7, 11) is 0. The Hall–Kier alpha value is -3.54. The van der Waals surface area contributed by atoms with Crippen LogP contribution in [-0.2, 0) is 6.54 Å². The molecule has 0 fully saturated rings. The lowest BCUT2D eigenvalue weighted by atomic mass is 10.1. The number of anilines is 1. The second kappa shape index (κ2) is 7.78. The van der Waals surface area contributed by atoms with Gasteiger partial charge in [-0.15, -0.1) is 0 Å². The summed E-state index contributed by atoms with van der Waals surface area (Å²) in [5.41, 5.74) is 2.87. The van der Waals surface area contributed by atoms with E-state index in [9.17, 15) is 14.4 Å². The maximum atomic E-state index is 12.5. The average Bonchev–Trinajstić information content (AvgIpc) is 2.65. The molecule has 0 aliphatic carbocycles. The van der Waals surface area contributed by atoms with Gasteiger partial charge in [0.25, 0.3) is 11.5 Å². The Labute approximate surface area is 156 Å². The number of hydrogen-bond acceptors (Lipinski definition) is 4. The number of ketones is 1. The molecule has 136 valence electrons. The van der Waals surface area contributed by atoms with Crippen LogP contribution >= 0.6 is 0 Å².